The second kappa shape index (κ2) is 10.3. The van der Waals surface area contributed by atoms with Gasteiger partial charge in [-0.1, -0.05) is 0 Å². The lowest BCUT2D eigenvalue weighted by molar-refractivity contribution is -0.134. The molecule has 4 rings (SSSR count). The smallest absolute Gasteiger partial charge is 0.328 e. The summed E-state index contributed by atoms with van der Waals surface area (Å²) in [7, 11) is 0. The zero-order valence-electron chi connectivity index (χ0n) is 18.9. The number of nitrogens with zero attached hydrogens (tertiary/aromatic N) is 2. The lowest BCUT2D eigenvalue weighted by Gasteiger charge is -2.34. The first-order chi connectivity index (χ1) is 15.5. The summed E-state index contributed by atoms with van der Waals surface area (Å²) in [5.41, 5.74) is 1.60. The summed E-state index contributed by atoms with van der Waals surface area (Å²) in [6.45, 7) is 6.20. The molecule has 3 aliphatic heterocycles. The molecule has 1 aromatic carbocycles. The van der Waals surface area contributed by atoms with Crippen LogP contribution in [0.4, 0.5) is 10.5 Å². The molecule has 2 N–H and O–H groups in total. The highest BCUT2D eigenvalue weighted by Crippen LogP contribution is 2.29. The second-order valence-electron chi connectivity index (χ2n) is 9.25. The third-order valence-electron chi connectivity index (χ3n) is 6.97. The Hall–Kier alpha value is -2.61. The van der Waals surface area contributed by atoms with Crippen molar-refractivity contribution in [3.63, 3.8) is 0 Å². The van der Waals surface area contributed by atoms with E-state index in [1.807, 2.05) is 17.9 Å². The van der Waals surface area contributed by atoms with Crippen LogP contribution in [0, 0.1) is 18.8 Å². The second-order valence-corrected chi connectivity index (χ2v) is 9.25. The van der Waals surface area contributed by atoms with Crippen molar-refractivity contribution in [3.8, 4) is 5.75 Å². The molecule has 0 aromatic heterocycles. The molecule has 3 fully saturated rings. The van der Waals surface area contributed by atoms with Crippen LogP contribution in [0.15, 0.2) is 18.2 Å². The Balaban J connectivity index is 1.23. The van der Waals surface area contributed by atoms with Crippen molar-refractivity contribution in [2.24, 2.45) is 11.8 Å². The van der Waals surface area contributed by atoms with E-state index in [2.05, 4.69) is 10.6 Å². The van der Waals surface area contributed by atoms with Crippen LogP contribution in [-0.4, -0.2) is 62.1 Å². The van der Waals surface area contributed by atoms with Gasteiger partial charge in [0, 0.05) is 31.7 Å². The normalized spacial score (nSPS) is 20.9. The molecule has 0 atom stereocenters. The fourth-order valence-electron chi connectivity index (χ4n) is 5.06. The molecule has 3 saturated heterocycles. The van der Waals surface area contributed by atoms with Crippen molar-refractivity contribution in [1.82, 2.24) is 15.5 Å². The molecule has 8 nitrogen and oxygen atoms in total. The fourth-order valence-corrected chi connectivity index (χ4v) is 5.06. The maximum Gasteiger partial charge on any atom is 0.328 e. The first-order valence-corrected chi connectivity index (χ1v) is 11.8. The van der Waals surface area contributed by atoms with Gasteiger partial charge in [0.15, 0.2) is 6.61 Å². The predicted octanol–water partition coefficient (Wildman–Crippen LogP) is 2.45. The number of benzene rings is 1. The number of nitrogens with one attached hydrogen (secondary N) is 2. The lowest BCUT2D eigenvalue weighted by Crippen LogP contribution is -2.49. The standard InChI is InChI=1S/C24H34N4O4/c1-17-14-20(2-3-21(17)28-13-8-22(29)26-24(28)31)32-16-23(30)27-11-6-19(7-12-27)15-18-4-9-25-10-5-18/h2-3,14,18-19,25H,4-13,15-16H2,1H3,(H,26,29,31). The fraction of sp³-hybridized carbons (Fsp3) is 0.625. The number of imide groups is 1. The maximum absolute atomic E-state index is 12.6. The molecule has 8 heteroatoms. The van der Waals surface area contributed by atoms with Crippen molar-refractivity contribution in [1.29, 1.82) is 0 Å². The van der Waals surface area contributed by atoms with E-state index in [1.54, 1.807) is 17.0 Å². The highest BCUT2D eigenvalue weighted by atomic mass is 16.5. The Bertz CT molecular complexity index is 844. The van der Waals surface area contributed by atoms with E-state index in [4.69, 9.17) is 4.74 Å². The largest absolute Gasteiger partial charge is 0.484 e. The third-order valence-corrected chi connectivity index (χ3v) is 6.97. The number of ether oxygens (including phenoxy) is 1. The molecule has 0 aliphatic carbocycles. The number of likely N-dealkylation sites (tertiary alicyclic amines) is 1. The summed E-state index contributed by atoms with van der Waals surface area (Å²) in [5, 5.41) is 5.76. The van der Waals surface area contributed by atoms with Gasteiger partial charge in [0.25, 0.3) is 5.91 Å². The van der Waals surface area contributed by atoms with Gasteiger partial charge in [-0.15, -0.1) is 0 Å². The van der Waals surface area contributed by atoms with E-state index in [1.165, 1.54) is 19.3 Å². The minimum atomic E-state index is -0.406. The van der Waals surface area contributed by atoms with E-state index in [-0.39, 0.29) is 24.8 Å². The minimum absolute atomic E-state index is 0.0243. The van der Waals surface area contributed by atoms with Crippen LogP contribution < -0.4 is 20.3 Å². The van der Waals surface area contributed by atoms with E-state index >= 15 is 0 Å². The zero-order valence-corrected chi connectivity index (χ0v) is 18.9. The molecule has 4 amide bonds. The van der Waals surface area contributed by atoms with Gasteiger partial charge in [-0.2, -0.15) is 0 Å². The van der Waals surface area contributed by atoms with Gasteiger partial charge in [0.2, 0.25) is 5.91 Å². The number of carbonyl (C=O) groups is 3. The number of rotatable bonds is 6. The Morgan fingerprint density at radius 3 is 2.47 bits per heavy atom. The van der Waals surface area contributed by atoms with Crippen LogP contribution in [0.5, 0.6) is 5.75 Å². The molecular weight excluding hydrogens is 408 g/mol. The highest BCUT2D eigenvalue weighted by Gasteiger charge is 2.27. The summed E-state index contributed by atoms with van der Waals surface area (Å²) in [5.74, 6) is 1.96. The number of piperidine rings is 2. The van der Waals surface area contributed by atoms with E-state index < -0.39 is 6.03 Å². The molecule has 174 valence electrons. The van der Waals surface area contributed by atoms with Gasteiger partial charge in [0.1, 0.15) is 5.75 Å². The van der Waals surface area contributed by atoms with Crippen LogP contribution in [0.2, 0.25) is 0 Å². The van der Waals surface area contributed by atoms with Crippen molar-refractivity contribution < 1.29 is 19.1 Å². The van der Waals surface area contributed by atoms with Gasteiger partial charge >= 0.3 is 6.03 Å². The molecule has 0 unspecified atom stereocenters. The van der Waals surface area contributed by atoms with Gasteiger partial charge in [-0.05, 0) is 87.7 Å². The van der Waals surface area contributed by atoms with Crippen LogP contribution in [0.3, 0.4) is 0 Å². The SMILES string of the molecule is Cc1cc(OCC(=O)N2CCC(CC3CCNCC3)CC2)ccc1N1CCC(=O)NC1=O. The molecule has 1 aromatic rings. The molecular formula is C24H34N4O4. The average molecular weight is 443 g/mol. The number of aryl methyl sites for hydroxylation is 1. The summed E-state index contributed by atoms with van der Waals surface area (Å²) in [6.07, 6.45) is 6.33. The number of hydrogen-bond donors (Lipinski definition) is 2. The molecule has 3 aliphatic rings. The van der Waals surface area contributed by atoms with Gasteiger partial charge in [-0.25, -0.2) is 4.79 Å². The van der Waals surface area contributed by atoms with E-state index in [0.29, 0.717) is 12.3 Å². The van der Waals surface area contributed by atoms with Gasteiger partial charge < -0.3 is 15.0 Å². The third kappa shape index (κ3) is 5.59. The molecule has 0 bridgehead atoms. The summed E-state index contributed by atoms with van der Waals surface area (Å²) in [6, 6.07) is 5.00. The van der Waals surface area contributed by atoms with Crippen molar-refractivity contribution in [2.45, 2.75) is 45.4 Å². The molecule has 3 heterocycles. The number of anilines is 1. The van der Waals surface area contributed by atoms with Gasteiger partial charge in [0.05, 0.1) is 0 Å². The molecule has 0 saturated carbocycles. The molecule has 32 heavy (non-hydrogen) atoms. The maximum atomic E-state index is 12.6. The quantitative estimate of drug-likeness (QED) is 0.706. The molecule has 0 radical (unpaired) electrons. The number of hydrogen-bond acceptors (Lipinski definition) is 5. The first kappa shape index (κ1) is 22.6. The number of carbonyl (C=O) groups excluding carboxylic acids is 3. The number of amides is 4. The zero-order chi connectivity index (χ0) is 22.5. The minimum Gasteiger partial charge on any atom is -0.484 e. The first-order valence-electron chi connectivity index (χ1n) is 11.8. The van der Waals surface area contributed by atoms with Crippen molar-refractivity contribution in [2.75, 3.05) is 44.2 Å². The van der Waals surface area contributed by atoms with Crippen LogP contribution in [0.25, 0.3) is 0 Å². The predicted molar refractivity (Wildman–Crippen MR) is 122 cm³/mol. The Labute approximate surface area is 189 Å². The Morgan fingerprint density at radius 2 is 1.78 bits per heavy atom. The Kier molecular flexibility index (Phi) is 7.29. The summed E-state index contributed by atoms with van der Waals surface area (Å²) in [4.78, 5) is 39.6. The lowest BCUT2D eigenvalue weighted by atomic mass is 9.83. The van der Waals surface area contributed by atoms with Crippen LogP contribution in [-0.2, 0) is 9.59 Å². The average Bonchev–Trinajstić information content (AvgIpc) is 2.79. The van der Waals surface area contributed by atoms with E-state index in [9.17, 15) is 14.4 Å². The van der Waals surface area contributed by atoms with Gasteiger partial charge in [-0.3, -0.25) is 19.8 Å². The number of urea groups is 1. The summed E-state index contributed by atoms with van der Waals surface area (Å²) < 4.78 is 5.77. The van der Waals surface area contributed by atoms with Crippen LogP contribution >= 0.6 is 0 Å². The van der Waals surface area contributed by atoms with Crippen LogP contribution in [0.1, 0.15) is 44.1 Å². The van der Waals surface area contributed by atoms with Crippen molar-refractivity contribution >= 4 is 23.5 Å². The highest BCUT2D eigenvalue weighted by molar-refractivity contribution is 6.05. The monoisotopic (exact) mass is 442 g/mol. The Morgan fingerprint density at radius 1 is 1.06 bits per heavy atom. The topological polar surface area (TPSA) is 91.0 Å². The van der Waals surface area contributed by atoms with Crippen molar-refractivity contribution in [3.05, 3.63) is 23.8 Å². The van der Waals surface area contributed by atoms with E-state index in [0.717, 1.165) is 62.1 Å². The molecule has 0 spiro atoms. The summed E-state index contributed by atoms with van der Waals surface area (Å²) >= 11 is 0.